The first-order valence-corrected chi connectivity index (χ1v) is 10.7. The molecule has 2 heterocycles. The minimum Gasteiger partial charge on any atom is -0.497 e. The Hall–Kier alpha value is -4.66. The van der Waals surface area contributed by atoms with Crippen LogP contribution in [0.1, 0.15) is 15.9 Å². The molecule has 2 aliphatic heterocycles. The second-order valence-electron chi connectivity index (χ2n) is 7.77. The molecular weight excluding hydrogens is 452 g/mol. The first-order valence-electron chi connectivity index (χ1n) is 10.7. The fourth-order valence-corrected chi connectivity index (χ4v) is 3.57. The fourth-order valence-electron chi connectivity index (χ4n) is 3.57. The molecule has 3 aromatic carbocycles. The Kier molecular flexibility index (Phi) is 5.88. The van der Waals surface area contributed by atoms with Gasteiger partial charge in [-0.3, -0.25) is 9.48 Å². The van der Waals surface area contributed by atoms with Gasteiger partial charge in [-0.2, -0.15) is 5.10 Å². The third kappa shape index (κ3) is 4.70. The van der Waals surface area contributed by atoms with Gasteiger partial charge in [-0.1, -0.05) is 18.2 Å². The predicted octanol–water partition coefficient (Wildman–Crippen LogP) is 5.03. The average molecular weight is 471 g/mol. The van der Waals surface area contributed by atoms with Gasteiger partial charge in [-0.25, -0.2) is 18.7 Å². The summed E-state index contributed by atoms with van der Waals surface area (Å²) in [4.78, 5) is 21.1. The molecule has 35 heavy (non-hydrogen) atoms. The summed E-state index contributed by atoms with van der Waals surface area (Å²) in [6, 6.07) is 18.1. The van der Waals surface area contributed by atoms with E-state index in [1.807, 2.05) is 12.1 Å². The lowest BCUT2D eigenvalue weighted by Crippen LogP contribution is -2.12. The number of anilines is 1. The Balaban J connectivity index is 1.29. The third-order valence-corrected chi connectivity index (χ3v) is 5.42. The zero-order valence-corrected chi connectivity index (χ0v) is 18.6. The molecule has 3 aromatic rings. The lowest BCUT2D eigenvalue weighted by Gasteiger charge is -2.09. The van der Waals surface area contributed by atoms with Crippen molar-refractivity contribution >= 4 is 11.6 Å². The highest BCUT2D eigenvalue weighted by molar-refractivity contribution is 6.04. The maximum Gasteiger partial charge on any atom is 0.255 e. The first-order chi connectivity index (χ1) is 17.0. The summed E-state index contributed by atoms with van der Waals surface area (Å²) in [7, 11) is 1.58. The molecule has 0 fully saturated rings. The van der Waals surface area contributed by atoms with E-state index in [2.05, 4.69) is 20.4 Å². The van der Waals surface area contributed by atoms with Gasteiger partial charge in [0.25, 0.3) is 5.91 Å². The number of nitrogens with zero attached hydrogens (tertiary/aromatic N) is 4. The topological polar surface area (TPSA) is 81.9 Å². The summed E-state index contributed by atoms with van der Waals surface area (Å²) in [5.74, 6) is -1.35. The molecule has 0 aliphatic carbocycles. The van der Waals surface area contributed by atoms with Gasteiger partial charge in [0.1, 0.15) is 17.1 Å². The number of nitrogens with one attached hydrogen (secondary N) is 1. The van der Waals surface area contributed by atoms with Crippen LogP contribution in [0.2, 0.25) is 0 Å². The van der Waals surface area contributed by atoms with Crippen LogP contribution in [0.3, 0.4) is 0 Å². The number of hydrogen-bond donors (Lipinski definition) is 1. The van der Waals surface area contributed by atoms with Gasteiger partial charge >= 0.3 is 0 Å². The van der Waals surface area contributed by atoms with Crippen molar-refractivity contribution in [2.24, 2.45) is 0 Å². The average Bonchev–Trinajstić information content (AvgIpc) is 3.30. The Labute approximate surface area is 199 Å². The van der Waals surface area contributed by atoms with Crippen molar-refractivity contribution in [2.75, 3.05) is 12.4 Å². The van der Waals surface area contributed by atoms with Crippen molar-refractivity contribution in [3.05, 3.63) is 102 Å². The van der Waals surface area contributed by atoms with E-state index in [1.165, 1.54) is 18.3 Å². The molecule has 0 saturated carbocycles. The van der Waals surface area contributed by atoms with Crippen molar-refractivity contribution in [3.8, 4) is 28.5 Å². The quantitative estimate of drug-likeness (QED) is 0.376. The standard InChI is InChI=1S/C26H19F2N5O2/c1-35-19-11-9-18(10-12-19)30-26(34)17-7-5-16(6-8-17)14-33-15-23-22(13-29-33)31-25(32-23)20-3-2-4-21(27)24(20)28/h2-13,15H,14H2,1H3,(H,30,34). The third-order valence-electron chi connectivity index (χ3n) is 5.42. The largest absolute Gasteiger partial charge is 0.497 e. The van der Waals surface area contributed by atoms with E-state index in [4.69, 9.17) is 4.74 Å². The summed E-state index contributed by atoms with van der Waals surface area (Å²) >= 11 is 0. The predicted molar refractivity (Wildman–Crippen MR) is 126 cm³/mol. The van der Waals surface area contributed by atoms with Gasteiger partial charge in [0.15, 0.2) is 17.5 Å². The van der Waals surface area contributed by atoms with Crippen LogP contribution in [0.4, 0.5) is 14.5 Å². The SMILES string of the molecule is COc1ccc(NC(=O)c2ccc(Cn3cc4nc(-c5cccc(F)c5F)nc-4cn3)cc2)cc1. The summed E-state index contributed by atoms with van der Waals surface area (Å²) in [5, 5.41) is 7.18. The van der Waals surface area contributed by atoms with E-state index in [1.54, 1.807) is 54.4 Å². The van der Waals surface area contributed by atoms with Gasteiger partial charge in [0.05, 0.1) is 31.6 Å². The highest BCUT2D eigenvalue weighted by atomic mass is 19.2. The van der Waals surface area contributed by atoms with Gasteiger partial charge in [-0.05, 0) is 54.1 Å². The number of halogens is 2. The number of hydrogen-bond acceptors (Lipinski definition) is 5. The number of benzene rings is 3. The Morgan fingerprint density at radius 2 is 1.71 bits per heavy atom. The van der Waals surface area contributed by atoms with Gasteiger partial charge in [-0.15, -0.1) is 0 Å². The van der Waals surface area contributed by atoms with Crippen LogP contribution < -0.4 is 10.1 Å². The van der Waals surface area contributed by atoms with Crippen LogP contribution in [-0.2, 0) is 6.54 Å². The van der Waals surface area contributed by atoms with Crippen LogP contribution in [0, 0.1) is 11.6 Å². The molecule has 0 atom stereocenters. The zero-order chi connectivity index (χ0) is 24.4. The smallest absolute Gasteiger partial charge is 0.255 e. The Bertz CT molecular complexity index is 1470. The fraction of sp³-hybridized carbons (Fsp3) is 0.0769. The second-order valence-corrected chi connectivity index (χ2v) is 7.77. The zero-order valence-electron chi connectivity index (χ0n) is 18.6. The molecule has 1 N–H and O–H groups in total. The number of carbonyl (C=O) groups is 1. The van der Waals surface area contributed by atoms with Crippen LogP contribution in [0.5, 0.6) is 5.75 Å². The number of aromatic nitrogens is 4. The first kappa shape index (κ1) is 22.1. The molecule has 0 aromatic heterocycles. The molecule has 9 heteroatoms. The highest BCUT2D eigenvalue weighted by Crippen LogP contribution is 2.27. The molecule has 0 unspecified atom stereocenters. The van der Waals surface area contributed by atoms with E-state index >= 15 is 0 Å². The number of imidazole rings is 1. The molecule has 174 valence electrons. The normalized spacial score (nSPS) is 10.9. The Morgan fingerprint density at radius 1 is 0.971 bits per heavy atom. The maximum atomic E-state index is 14.1. The minimum atomic E-state index is -0.986. The molecule has 1 amide bonds. The van der Waals surface area contributed by atoms with Crippen molar-refractivity contribution < 1.29 is 18.3 Å². The number of methoxy groups -OCH3 is 1. The van der Waals surface area contributed by atoms with Crippen LogP contribution >= 0.6 is 0 Å². The number of carbonyl (C=O) groups excluding carboxylic acids is 1. The molecular formula is C26H19F2N5O2. The van der Waals surface area contributed by atoms with Crippen LogP contribution in [0.15, 0.2) is 79.1 Å². The maximum absolute atomic E-state index is 14.1. The highest BCUT2D eigenvalue weighted by Gasteiger charge is 2.18. The minimum absolute atomic E-state index is 0.00347. The van der Waals surface area contributed by atoms with E-state index in [-0.39, 0.29) is 17.3 Å². The van der Waals surface area contributed by atoms with Crippen molar-refractivity contribution in [2.45, 2.75) is 6.54 Å². The summed E-state index contributed by atoms with van der Waals surface area (Å²) in [6.45, 7) is 0.423. The van der Waals surface area contributed by atoms with Crippen molar-refractivity contribution in [1.29, 1.82) is 0 Å². The van der Waals surface area contributed by atoms with E-state index in [9.17, 15) is 13.6 Å². The second kappa shape index (κ2) is 9.30. The molecule has 0 saturated heterocycles. The van der Waals surface area contributed by atoms with Crippen molar-refractivity contribution in [3.63, 3.8) is 0 Å². The number of amides is 1. The van der Waals surface area contributed by atoms with Gasteiger partial charge in [0, 0.05) is 11.3 Å². The number of rotatable bonds is 6. The molecule has 0 radical (unpaired) electrons. The number of fused-ring (bicyclic) bond motifs is 1. The lowest BCUT2D eigenvalue weighted by molar-refractivity contribution is 0.102. The van der Waals surface area contributed by atoms with Crippen LogP contribution in [0.25, 0.3) is 22.8 Å². The van der Waals surface area contributed by atoms with Gasteiger partial charge < -0.3 is 10.1 Å². The van der Waals surface area contributed by atoms with E-state index < -0.39 is 11.6 Å². The van der Waals surface area contributed by atoms with Crippen molar-refractivity contribution in [1.82, 2.24) is 19.7 Å². The van der Waals surface area contributed by atoms with Gasteiger partial charge in [0.2, 0.25) is 0 Å². The lowest BCUT2D eigenvalue weighted by atomic mass is 10.1. The molecule has 0 spiro atoms. The molecule has 7 nitrogen and oxygen atoms in total. The van der Waals surface area contributed by atoms with Crippen LogP contribution in [-0.4, -0.2) is 32.8 Å². The summed E-state index contributed by atoms with van der Waals surface area (Å²) in [6.07, 6.45) is 3.22. The summed E-state index contributed by atoms with van der Waals surface area (Å²) < 4.78 is 34.5. The van der Waals surface area contributed by atoms with E-state index in [0.29, 0.717) is 34.9 Å². The summed E-state index contributed by atoms with van der Waals surface area (Å²) in [5.41, 5.74) is 3.08. The Morgan fingerprint density at radius 3 is 2.46 bits per heavy atom. The van der Waals surface area contributed by atoms with E-state index in [0.717, 1.165) is 11.6 Å². The molecule has 2 aliphatic rings. The monoisotopic (exact) mass is 471 g/mol. The molecule has 5 rings (SSSR count). The number of ether oxygens (including phenoxy) is 1. The molecule has 0 bridgehead atoms.